The van der Waals surface area contributed by atoms with Gasteiger partial charge in [0.05, 0.1) is 4.91 Å². The molecule has 0 N–H and O–H groups in total. The summed E-state index contributed by atoms with van der Waals surface area (Å²) in [5.41, 5.74) is 3.58. The smallest absolute Gasteiger partial charge is 0.266 e. The molecule has 1 saturated heterocycles. The molecule has 0 saturated carbocycles. The molecule has 128 valence electrons. The van der Waals surface area contributed by atoms with Gasteiger partial charge in [0.2, 0.25) is 0 Å². The van der Waals surface area contributed by atoms with Gasteiger partial charge in [-0.1, -0.05) is 60.4 Å². The van der Waals surface area contributed by atoms with Gasteiger partial charge >= 0.3 is 0 Å². The topological polar surface area (TPSA) is 23.6 Å². The Bertz CT molecular complexity index is 821. The number of hydrogen-bond acceptors (Lipinski definition) is 4. The molecule has 3 rings (SSSR count). The zero-order valence-electron chi connectivity index (χ0n) is 14.3. The quantitative estimate of drug-likeness (QED) is 0.565. The van der Waals surface area contributed by atoms with Crippen molar-refractivity contribution < 1.29 is 4.79 Å². The zero-order chi connectivity index (χ0) is 17.8. The Kier molecular flexibility index (Phi) is 5.56. The third-order valence-corrected chi connectivity index (χ3v) is 5.50. The highest BCUT2D eigenvalue weighted by Gasteiger charge is 2.29. The summed E-state index contributed by atoms with van der Waals surface area (Å²) in [6, 6.07) is 8.37. The maximum Gasteiger partial charge on any atom is 0.266 e. The van der Waals surface area contributed by atoms with Gasteiger partial charge in [-0.3, -0.25) is 9.69 Å². The average molecular weight is 369 g/mol. The van der Waals surface area contributed by atoms with E-state index < -0.39 is 0 Å². The van der Waals surface area contributed by atoms with Gasteiger partial charge in [-0.15, -0.1) is 0 Å². The molecule has 0 radical (unpaired) electrons. The van der Waals surface area contributed by atoms with Crippen molar-refractivity contribution in [2.45, 2.75) is 13.8 Å². The van der Waals surface area contributed by atoms with Crippen LogP contribution in [-0.4, -0.2) is 28.2 Å². The van der Waals surface area contributed by atoms with Crippen molar-refractivity contribution in [3.63, 3.8) is 0 Å². The number of rotatable bonds is 4. The first-order chi connectivity index (χ1) is 12.2. The third kappa shape index (κ3) is 3.62. The number of carbonyl (C=O) groups is 1. The van der Waals surface area contributed by atoms with Crippen molar-refractivity contribution in [2.24, 2.45) is 0 Å². The van der Waals surface area contributed by atoms with Crippen LogP contribution in [0.1, 0.15) is 19.4 Å². The van der Waals surface area contributed by atoms with E-state index in [0.29, 0.717) is 15.8 Å². The molecule has 0 spiro atoms. The molecule has 0 bridgehead atoms. The van der Waals surface area contributed by atoms with Crippen LogP contribution in [0.5, 0.6) is 0 Å². The van der Waals surface area contributed by atoms with Crippen LogP contribution in [0.3, 0.4) is 0 Å². The predicted octanol–water partition coefficient (Wildman–Crippen LogP) is 4.74. The SMILES string of the molecule is CCN1C(=O)C(=CC=CC=C2C=Cc3ccccc3N2CC)SC1=S. The Hall–Kier alpha value is -2.11. The number of benzene rings is 1. The molecule has 2 aliphatic heterocycles. The first-order valence-electron chi connectivity index (χ1n) is 8.32. The number of para-hydroxylation sites is 1. The summed E-state index contributed by atoms with van der Waals surface area (Å²) in [6.07, 6.45) is 12.0. The lowest BCUT2D eigenvalue weighted by Gasteiger charge is -2.29. The summed E-state index contributed by atoms with van der Waals surface area (Å²) in [5, 5.41) is 0. The van der Waals surface area contributed by atoms with Crippen LogP contribution < -0.4 is 4.90 Å². The van der Waals surface area contributed by atoms with Crippen LogP contribution in [0.25, 0.3) is 6.08 Å². The lowest BCUT2D eigenvalue weighted by Crippen LogP contribution is -2.27. The summed E-state index contributed by atoms with van der Waals surface area (Å²) < 4.78 is 0.634. The molecule has 0 atom stereocenters. The molecular formula is C20H20N2OS2. The van der Waals surface area contributed by atoms with Gasteiger partial charge in [-0.05, 0) is 43.7 Å². The molecule has 1 aromatic rings. The number of nitrogens with zero attached hydrogens (tertiary/aromatic N) is 2. The molecule has 0 aromatic heterocycles. The summed E-state index contributed by atoms with van der Waals surface area (Å²) in [5.74, 6) is -0.00326. The van der Waals surface area contributed by atoms with Crippen LogP contribution in [-0.2, 0) is 4.79 Å². The number of likely N-dealkylation sites (N-methyl/N-ethyl adjacent to an activating group) is 2. The largest absolute Gasteiger partial charge is 0.341 e. The Morgan fingerprint density at radius 1 is 1.04 bits per heavy atom. The van der Waals surface area contributed by atoms with E-state index in [2.05, 4.69) is 54.3 Å². The van der Waals surface area contributed by atoms with Crippen LogP contribution in [0.15, 0.2) is 65.2 Å². The highest BCUT2D eigenvalue weighted by Crippen LogP contribution is 2.31. The van der Waals surface area contributed by atoms with Crippen LogP contribution in [0.2, 0.25) is 0 Å². The average Bonchev–Trinajstić information content (AvgIpc) is 2.91. The minimum atomic E-state index is -0.00326. The number of amides is 1. The fourth-order valence-electron chi connectivity index (χ4n) is 2.86. The molecule has 3 nitrogen and oxygen atoms in total. The van der Waals surface area contributed by atoms with Crippen molar-refractivity contribution in [2.75, 3.05) is 18.0 Å². The lowest BCUT2D eigenvalue weighted by atomic mass is 10.1. The second kappa shape index (κ2) is 7.85. The normalized spacial score (nSPS) is 20.4. The second-order valence-electron chi connectivity index (χ2n) is 5.56. The van der Waals surface area contributed by atoms with Gasteiger partial charge in [0.15, 0.2) is 0 Å². The minimum absolute atomic E-state index is 0.00326. The molecule has 0 aliphatic carbocycles. The molecule has 25 heavy (non-hydrogen) atoms. The molecule has 0 unspecified atom stereocenters. The van der Waals surface area contributed by atoms with Gasteiger partial charge in [0.1, 0.15) is 4.32 Å². The first kappa shape index (κ1) is 17.7. The number of thiocarbonyl (C=S) groups is 1. The number of anilines is 1. The first-order valence-corrected chi connectivity index (χ1v) is 9.55. The highest BCUT2D eigenvalue weighted by atomic mass is 32.2. The number of carbonyl (C=O) groups excluding carboxylic acids is 1. The molecule has 5 heteroatoms. The summed E-state index contributed by atoms with van der Waals surface area (Å²) in [7, 11) is 0. The number of hydrogen-bond donors (Lipinski definition) is 0. The van der Waals surface area contributed by atoms with E-state index in [0.717, 1.165) is 12.2 Å². The maximum absolute atomic E-state index is 12.2. The van der Waals surface area contributed by atoms with E-state index in [1.165, 1.54) is 23.0 Å². The summed E-state index contributed by atoms with van der Waals surface area (Å²) in [4.78, 5) is 16.7. The molecule has 1 aromatic carbocycles. The van der Waals surface area contributed by atoms with E-state index in [1.54, 1.807) is 4.90 Å². The summed E-state index contributed by atoms with van der Waals surface area (Å²) >= 11 is 6.58. The van der Waals surface area contributed by atoms with Crippen LogP contribution in [0.4, 0.5) is 5.69 Å². The van der Waals surface area contributed by atoms with Gasteiger partial charge < -0.3 is 4.90 Å². The molecule has 1 amide bonds. The molecule has 2 aliphatic rings. The third-order valence-electron chi connectivity index (χ3n) is 4.10. The maximum atomic E-state index is 12.2. The molecule has 2 heterocycles. The fraction of sp³-hybridized carbons (Fsp3) is 0.200. The van der Waals surface area contributed by atoms with Gasteiger partial charge in [-0.25, -0.2) is 0 Å². The van der Waals surface area contributed by atoms with Crippen LogP contribution in [0, 0.1) is 0 Å². The van der Waals surface area contributed by atoms with Gasteiger partial charge in [0.25, 0.3) is 5.91 Å². The molecule has 1 fully saturated rings. The second-order valence-corrected chi connectivity index (χ2v) is 7.24. The van der Waals surface area contributed by atoms with Crippen LogP contribution >= 0.6 is 24.0 Å². The van der Waals surface area contributed by atoms with E-state index in [1.807, 2.05) is 25.2 Å². The number of fused-ring (bicyclic) bond motifs is 1. The monoisotopic (exact) mass is 368 g/mol. The Morgan fingerprint density at radius 2 is 1.76 bits per heavy atom. The van der Waals surface area contributed by atoms with Crippen molar-refractivity contribution in [3.05, 3.63) is 70.8 Å². The number of allylic oxidation sites excluding steroid dienone is 5. The van der Waals surface area contributed by atoms with Crippen molar-refractivity contribution >= 4 is 46.0 Å². The standard InChI is InChI=1S/C20H20N2OS2/c1-3-21-16(14-13-15-9-5-7-11-17(15)21)10-6-8-12-18-19(23)22(4-2)20(24)25-18/h5-14H,3-4H2,1-2H3. The van der Waals surface area contributed by atoms with E-state index in [-0.39, 0.29) is 5.91 Å². The van der Waals surface area contributed by atoms with Crippen molar-refractivity contribution in [3.8, 4) is 0 Å². The lowest BCUT2D eigenvalue weighted by molar-refractivity contribution is -0.122. The van der Waals surface area contributed by atoms with Gasteiger partial charge in [-0.2, -0.15) is 0 Å². The summed E-state index contributed by atoms with van der Waals surface area (Å²) in [6.45, 7) is 5.59. The van der Waals surface area contributed by atoms with E-state index in [4.69, 9.17) is 12.2 Å². The fourth-order valence-corrected chi connectivity index (χ4v) is 4.20. The highest BCUT2D eigenvalue weighted by molar-refractivity contribution is 8.26. The van der Waals surface area contributed by atoms with Crippen molar-refractivity contribution in [1.29, 1.82) is 0 Å². The Morgan fingerprint density at radius 3 is 2.48 bits per heavy atom. The minimum Gasteiger partial charge on any atom is -0.341 e. The predicted molar refractivity (Wildman–Crippen MR) is 111 cm³/mol. The van der Waals surface area contributed by atoms with Crippen molar-refractivity contribution in [1.82, 2.24) is 4.90 Å². The van der Waals surface area contributed by atoms with Gasteiger partial charge in [0, 0.05) is 24.5 Å². The molecular weight excluding hydrogens is 348 g/mol. The van der Waals surface area contributed by atoms with E-state index >= 15 is 0 Å². The number of thioether (sulfide) groups is 1. The zero-order valence-corrected chi connectivity index (χ0v) is 15.9. The Balaban J connectivity index is 1.76. The van der Waals surface area contributed by atoms with E-state index in [9.17, 15) is 4.79 Å². The Labute approximate surface area is 158 Å².